The van der Waals surface area contributed by atoms with Gasteiger partial charge in [0.05, 0.1) is 25.0 Å². The number of aromatic nitrogens is 2. The van der Waals surface area contributed by atoms with E-state index >= 15 is 0 Å². The Morgan fingerprint density at radius 3 is 2.95 bits per heavy atom. The lowest BCUT2D eigenvalue weighted by atomic mass is 10.4. The first-order valence-electron chi connectivity index (χ1n) is 5.85. The number of nitrogens with zero attached hydrogens (tertiary/aromatic N) is 3. The maximum absolute atomic E-state index is 11.9. The van der Waals surface area contributed by atoms with Gasteiger partial charge < -0.3 is 10.2 Å². The van der Waals surface area contributed by atoms with E-state index in [0.29, 0.717) is 23.2 Å². The van der Waals surface area contributed by atoms with Crippen LogP contribution < -0.4 is 10.9 Å². The molecule has 1 aromatic heterocycles. The molecule has 1 rings (SSSR count). The van der Waals surface area contributed by atoms with Crippen LogP contribution in [-0.4, -0.2) is 40.7 Å². The molecule has 0 aliphatic carbocycles. The molecule has 1 N–H and O–H groups in total. The molecule has 7 heteroatoms. The number of amides is 1. The smallest absolute Gasteiger partial charge is 0.283 e. The lowest BCUT2D eigenvalue weighted by molar-refractivity contribution is -0.127. The summed E-state index contributed by atoms with van der Waals surface area (Å²) in [7, 11) is 1.72. The molecule has 1 aromatic rings. The fourth-order valence-electron chi connectivity index (χ4n) is 1.32. The minimum atomic E-state index is -0.263. The summed E-state index contributed by atoms with van der Waals surface area (Å²) in [5, 5.41) is 6.89. The fraction of sp³-hybridized carbons (Fsp3) is 0.417. The number of likely N-dealkylation sites (N-methyl/N-ethyl adjacent to an activating group) is 1. The van der Waals surface area contributed by atoms with Crippen molar-refractivity contribution in [1.29, 1.82) is 0 Å². The predicted molar refractivity (Wildman–Crippen MR) is 78.2 cm³/mol. The van der Waals surface area contributed by atoms with Gasteiger partial charge in [0.1, 0.15) is 4.47 Å². The van der Waals surface area contributed by atoms with Gasteiger partial charge in [0.15, 0.2) is 0 Å². The van der Waals surface area contributed by atoms with E-state index in [2.05, 4.69) is 32.9 Å². The molecule has 0 radical (unpaired) electrons. The topological polar surface area (TPSA) is 67.2 Å². The summed E-state index contributed by atoms with van der Waals surface area (Å²) in [6.45, 7) is 6.55. The Kier molecular flexibility index (Phi) is 5.75. The molecule has 0 bridgehead atoms. The molecular weight excluding hydrogens is 312 g/mol. The van der Waals surface area contributed by atoms with Crippen molar-refractivity contribution in [1.82, 2.24) is 14.7 Å². The molecule has 0 spiro atoms. The maximum Gasteiger partial charge on any atom is 0.283 e. The number of carbonyl (C=O) groups excluding carboxylic acids is 1. The van der Waals surface area contributed by atoms with Crippen molar-refractivity contribution in [2.24, 2.45) is 0 Å². The van der Waals surface area contributed by atoms with Gasteiger partial charge in [-0.25, -0.2) is 4.68 Å². The first-order valence-corrected chi connectivity index (χ1v) is 6.64. The van der Waals surface area contributed by atoms with Crippen molar-refractivity contribution >= 4 is 27.5 Å². The quantitative estimate of drug-likeness (QED) is 0.793. The van der Waals surface area contributed by atoms with E-state index in [-0.39, 0.29) is 18.0 Å². The largest absolute Gasteiger partial charge is 0.374 e. The van der Waals surface area contributed by atoms with E-state index in [1.54, 1.807) is 18.0 Å². The molecule has 1 heterocycles. The highest BCUT2D eigenvalue weighted by Crippen LogP contribution is 2.15. The molecule has 104 valence electrons. The van der Waals surface area contributed by atoms with Gasteiger partial charge in [-0.3, -0.25) is 9.59 Å². The van der Waals surface area contributed by atoms with Gasteiger partial charge in [-0.05, 0) is 22.9 Å². The highest BCUT2D eigenvalue weighted by Gasteiger charge is 2.10. The highest BCUT2D eigenvalue weighted by molar-refractivity contribution is 9.10. The van der Waals surface area contributed by atoms with Crippen molar-refractivity contribution in [3.05, 3.63) is 33.7 Å². The number of hydrogen-bond donors (Lipinski definition) is 1. The number of halogens is 1. The molecule has 0 atom stereocenters. The summed E-state index contributed by atoms with van der Waals surface area (Å²) < 4.78 is 1.64. The summed E-state index contributed by atoms with van der Waals surface area (Å²) in [6, 6.07) is 0. The fourth-order valence-corrected chi connectivity index (χ4v) is 1.77. The van der Waals surface area contributed by atoms with E-state index in [4.69, 9.17) is 0 Å². The van der Waals surface area contributed by atoms with E-state index in [0.717, 1.165) is 0 Å². The summed E-state index contributed by atoms with van der Waals surface area (Å²) in [6.07, 6.45) is 3.10. The van der Waals surface area contributed by atoms with Crippen LogP contribution in [0, 0.1) is 0 Å². The van der Waals surface area contributed by atoms with Gasteiger partial charge in [0.2, 0.25) is 5.91 Å². The van der Waals surface area contributed by atoms with Crippen molar-refractivity contribution in [2.75, 3.05) is 25.5 Å². The first kappa shape index (κ1) is 15.4. The normalized spacial score (nSPS) is 10.1. The van der Waals surface area contributed by atoms with Crippen molar-refractivity contribution in [3.63, 3.8) is 0 Å². The molecule has 0 aromatic carbocycles. The van der Waals surface area contributed by atoms with Gasteiger partial charge >= 0.3 is 0 Å². The SMILES string of the molecule is C=CCn1ncc(NCC(=O)N(C)CC)c(Br)c1=O. The summed E-state index contributed by atoms with van der Waals surface area (Å²) in [4.78, 5) is 25.1. The Bertz CT molecular complexity index is 527. The van der Waals surface area contributed by atoms with Gasteiger partial charge in [-0.1, -0.05) is 6.08 Å². The summed E-state index contributed by atoms with van der Waals surface area (Å²) in [5.74, 6) is -0.0512. The Balaban J connectivity index is 2.81. The molecule has 0 saturated carbocycles. The molecular formula is C12H17BrN4O2. The third-order valence-corrected chi connectivity index (χ3v) is 3.38. The molecule has 6 nitrogen and oxygen atoms in total. The van der Waals surface area contributed by atoms with Crippen LogP contribution in [0.4, 0.5) is 5.69 Å². The number of anilines is 1. The second-order valence-electron chi connectivity index (χ2n) is 3.91. The second kappa shape index (κ2) is 7.08. The van der Waals surface area contributed by atoms with Crippen molar-refractivity contribution < 1.29 is 4.79 Å². The third-order valence-electron chi connectivity index (χ3n) is 2.62. The average Bonchev–Trinajstić information content (AvgIpc) is 2.42. The maximum atomic E-state index is 11.9. The average molecular weight is 329 g/mol. The molecule has 19 heavy (non-hydrogen) atoms. The molecule has 0 saturated heterocycles. The van der Waals surface area contributed by atoms with Crippen molar-refractivity contribution in [3.8, 4) is 0 Å². The molecule has 0 aliphatic rings. The van der Waals surface area contributed by atoms with Gasteiger partial charge in [-0.2, -0.15) is 5.10 Å². The van der Waals surface area contributed by atoms with E-state index in [1.807, 2.05) is 6.92 Å². The number of allylic oxidation sites excluding steroid dienone is 1. The second-order valence-corrected chi connectivity index (χ2v) is 4.70. The van der Waals surface area contributed by atoms with Crippen LogP contribution in [0.1, 0.15) is 6.92 Å². The van der Waals surface area contributed by atoms with Gasteiger partial charge in [-0.15, -0.1) is 6.58 Å². The number of nitrogens with one attached hydrogen (secondary N) is 1. The third kappa shape index (κ3) is 3.92. The Labute approximate surface area is 120 Å². The number of hydrogen-bond acceptors (Lipinski definition) is 4. The molecule has 0 aliphatic heterocycles. The Morgan fingerprint density at radius 2 is 2.37 bits per heavy atom. The van der Waals surface area contributed by atoms with E-state index in [1.165, 1.54) is 10.9 Å². The molecule has 0 unspecified atom stereocenters. The molecule has 0 fully saturated rings. The van der Waals surface area contributed by atoms with Crippen LogP contribution in [0.25, 0.3) is 0 Å². The van der Waals surface area contributed by atoms with Crippen LogP contribution in [0.2, 0.25) is 0 Å². The Morgan fingerprint density at radius 1 is 1.68 bits per heavy atom. The standard InChI is InChI=1S/C12H17BrN4O2/c1-4-6-17-12(19)11(13)9(7-15-17)14-8-10(18)16(3)5-2/h4,7,14H,1,5-6,8H2,2-3H3. The van der Waals surface area contributed by atoms with E-state index in [9.17, 15) is 9.59 Å². The zero-order valence-corrected chi connectivity index (χ0v) is 12.6. The summed E-state index contributed by atoms with van der Waals surface area (Å²) >= 11 is 3.21. The number of carbonyl (C=O) groups is 1. The minimum absolute atomic E-state index is 0.0512. The zero-order chi connectivity index (χ0) is 14.4. The lowest BCUT2D eigenvalue weighted by Crippen LogP contribution is -2.32. The van der Waals surface area contributed by atoms with Crippen molar-refractivity contribution in [2.45, 2.75) is 13.5 Å². The zero-order valence-electron chi connectivity index (χ0n) is 11.0. The first-order chi connectivity index (χ1) is 9.01. The van der Waals surface area contributed by atoms with Crippen LogP contribution in [0.5, 0.6) is 0 Å². The van der Waals surface area contributed by atoms with Crippen LogP contribution >= 0.6 is 15.9 Å². The minimum Gasteiger partial charge on any atom is -0.374 e. The summed E-state index contributed by atoms with van der Waals surface area (Å²) in [5.41, 5.74) is 0.240. The lowest BCUT2D eigenvalue weighted by Gasteiger charge is -2.15. The monoisotopic (exact) mass is 328 g/mol. The van der Waals surface area contributed by atoms with Crippen LogP contribution in [0.15, 0.2) is 28.1 Å². The van der Waals surface area contributed by atoms with Crippen LogP contribution in [-0.2, 0) is 11.3 Å². The Hall–Kier alpha value is -1.63. The predicted octanol–water partition coefficient (Wildman–Crippen LogP) is 1.08. The van der Waals surface area contributed by atoms with Gasteiger partial charge in [0, 0.05) is 13.6 Å². The highest BCUT2D eigenvalue weighted by atomic mass is 79.9. The van der Waals surface area contributed by atoms with Crippen LogP contribution in [0.3, 0.4) is 0 Å². The van der Waals surface area contributed by atoms with Gasteiger partial charge in [0.25, 0.3) is 5.56 Å². The number of rotatable bonds is 6. The molecule has 1 amide bonds. The van der Waals surface area contributed by atoms with E-state index < -0.39 is 0 Å².